The summed E-state index contributed by atoms with van der Waals surface area (Å²) in [6.45, 7) is 7.14. The van der Waals surface area contributed by atoms with Gasteiger partial charge in [-0.25, -0.2) is 4.85 Å². The third kappa shape index (κ3) is 1.84. The van der Waals surface area contributed by atoms with Crippen molar-refractivity contribution in [1.29, 1.82) is 0 Å². The number of benzene rings is 1. The predicted molar refractivity (Wildman–Crippen MR) is 75.3 cm³/mol. The Labute approximate surface area is 112 Å². The van der Waals surface area contributed by atoms with Gasteiger partial charge in [-0.3, -0.25) is 0 Å². The zero-order valence-electron chi connectivity index (χ0n) is 11.0. The fourth-order valence-corrected chi connectivity index (χ4v) is 3.31. The monoisotopic (exact) mass is 252 g/mol. The Balaban J connectivity index is 2.18. The van der Waals surface area contributed by atoms with Crippen LogP contribution in [-0.2, 0) is 11.8 Å². The Bertz CT molecular complexity index is 678. The Morgan fingerprint density at radius 1 is 1.42 bits per heavy atom. The van der Waals surface area contributed by atoms with Crippen molar-refractivity contribution in [3.05, 3.63) is 41.4 Å². The maximum absolute atomic E-state index is 11.2. The molecule has 19 heavy (non-hydrogen) atoms. The molecule has 1 aromatic heterocycles. The molecule has 3 rings (SSSR count). The molecule has 1 aromatic carbocycles. The van der Waals surface area contributed by atoms with E-state index in [1.165, 1.54) is 5.56 Å². The summed E-state index contributed by atoms with van der Waals surface area (Å²) in [5, 5.41) is 1.13. The molecule has 0 unspecified atom stereocenters. The number of hydrogen-bond acceptors (Lipinski definition) is 1. The van der Waals surface area contributed by atoms with Crippen LogP contribution < -0.4 is 0 Å². The first-order chi connectivity index (χ1) is 9.24. The van der Waals surface area contributed by atoms with Crippen molar-refractivity contribution in [2.24, 2.45) is 13.0 Å². The van der Waals surface area contributed by atoms with Gasteiger partial charge in [0.1, 0.15) is 6.29 Å². The summed E-state index contributed by atoms with van der Waals surface area (Å²) in [4.78, 5) is 14.7. The fourth-order valence-electron chi connectivity index (χ4n) is 3.31. The van der Waals surface area contributed by atoms with E-state index in [1.807, 2.05) is 25.2 Å². The molecule has 0 radical (unpaired) electrons. The molecule has 1 saturated carbocycles. The molecule has 1 heterocycles. The number of rotatable bonds is 2. The van der Waals surface area contributed by atoms with E-state index in [0.29, 0.717) is 11.6 Å². The second kappa shape index (κ2) is 4.55. The highest BCUT2D eigenvalue weighted by Gasteiger charge is 2.30. The van der Waals surface area contributed by atoms with E-state index < -0.39 is 0 Å². The van der Waals surface area contributed by atoms with Gasteiger partial charge < -0.3 is 9.36 Å². The van der Waals surface area contributed by atoms with Crippen molar-refractivity contribution in [1.82, 2.24) is 4.57 Å². The highest BCUT2D eigenvalue weighted by Crippen LogP contribution is 2.42. The maximum Gasteiger partial charge on any atom is 0.187 e. The molecule has 3 heteroatoms. The minimum atomic E-state index is 0.141. The number of carbonyl (C=O) groups is 1. The molecule has 0 amide bonds. The van der Waals surface area contributed by atoms with Gasteiger partial charge in [0.15, 0.2) is 5.69 Å². The van der Waals surface area contributed by atoms with Gasteiger partial charge in [0.2, 0.25) is 0 Å². The van der Waals surface area contributed by atoms with Crippen molar-refractivity contribution in [3.63, 3.8) is 0 Å². The van der Waals surface area contributed by atoms with Crippen molar-refractivity contribution in [2.75, 3.05) is 0 Å². The number of aldehydes is 1. The summed E-state index contributed by atoms with van der Waals surface area (Å²) >= 11 is 0. The van der Waals surface area contributed by atoms with Crippen LogP contribution in [0.1, 0.15) is 30.7 Å². The summed E-state index contributed by atoms with van der Waals surface area (Å²) in [6, 6.07) is 5.81. The summed E-state index contributed by atoms with van der Waals surface area (Å²) in [5.74, 6) is 0.462. The number of aromatic nitrogens is 1. The lowest BCUT2D eigenvalue weighted by molar-refractivity contribution is -0.111. The Morgan fingerprint density at radius 2 is 2.26 bits per heavy atom. The number of fused-ring (bicyclic) bond motifs is 1. The second-order valence-electron chi connectivity index (χ2n) is 5.35. The molecule has 3 nitrogen and oxygen atoms in total. The molecule has 2 aromatic rings. The van der Waals surface area contributed by atoms with Gasteiger partial charge in [0, 0.05) is 24.7 Å². The lowest BCUT2D eigenvalue weighted by atomic mass is 9.89. The highest BCUT2D eigenvalue weighted by atomic mass is 16.1. The molecule has 0 bridgehead atoms. The number of aryl methyl sites for hydroxylation is 1. The first kappa shape index (κ1) is 12.0. The number of nitrogens with zero attached hydrogens (tertiary/aromatic N) is 2. The predicted octanol–water partition coefficient (Wildman–Crippen LogP) is 3.81. The molecule has 1 aliphatic rings. The van der Waals surface area contributed by atoms with Gasteiger partial charge in [-0.2, -0.15) is 0 Å². The normalized spacial score (nSPS) is 22.5. The van der Waals surface area contributed by atoms with Crippen molar-refractivity contribution in [3.8, 4) is 0 Å². The lowest BCUT2D eigenvalue weighted by Gasteiger charge is -2.13. The average Bonchev–Trinajstić information content (AvgIpc) is 3.02. The van der Waals surface area contributed by atoms with Gasteiger partial charge in [-0.15, -0.1) is 0 Å². The summed E-state index contributed by atoms with van der Waals surface area (Å²) < 4.78 is 2.10. The second-order valence-corrected chi connectivity index (χ2v) is 5.35. The van der Waals surface area contributed by atoms with Gasteiger partial charge in [0.05, 0.1) is 6.57 Å². The third-order valence-electron chi connectivity index (χ3n) is 4.28. The van der Waals surface area contributed by atoms with Crippen LogP contribution in [0.4, 0.5) is 5.69 Å². The first-order valence-corrected chi connectivity index (χ1v) is 6.66. The Hall–Kier alpha value is -2.08. The van der Waals surface area contributed by atoms with Crippen LogP contribution in [0.2, 0.25) is 0 Å². The van der Waals surface area contributed by atoms with Gasteiger partial charge in [-0.05, 0) is 41.8 Å². The molecule has 0 spiro atoms. The molecule has 2 atom stereocenters. The van der Waals surface area contributed by atoms with E-state index in [1.54, 1.807) is 0 Å². The third-order valence-corrected chi connectivity index (χ3v) is 4.28. The zero-order chi connectivity index (χ0) is 13.4. The van der Waals surface area contributed by atoms with Crippen LogP contribution >= 0.6 is 0 Å². The van der Waals surface area contributed by atoms with E-state index in [2.05, 4.69) is 15.6 Å². The lowest BCUT2D eigenvalue weighted by Crippen LogP contribution is -2.06. The fraction of sp³-hybridized carbons (Fsp3) is 0.375. The molecular weight excluding hydrogens is 236 g/mol. The highest BCUT2D eigenvalue weighted by molar-refractivity contribution is 5.88. The van der Waals surface area contributed by atoms with E-state index in [9.17, 15) is 4.79 Å². The quantitative estimate of drug-likeness (QED) is 0.589. The number of hydrogen-bond donors (Lipinski definition) is 0. The van der Waals surface area contributed by atoms with E-state index >= 15 is 0 Å². The molecule has 1 aliphatic carbocycles. The molecule has 0 aliphatic heterocycles. The van der Waals surface area contributed by atoms with Crippen molar-refractivity contribution >= 4 is 22.9 Å². The summed E-state index contributed by atoms with van der Waals surface area (Å²) in [5.41, 5.74) is 3.04. The summed E-state index contributed by atoms with van der Waals surface area (Å²) in [7, 11) is 2.02. The molecule has 0 N–H and O–H groups in total. The van der Waals surface area contributed by atoms with Gasteiger partial charge in [0.25, 0.3) is 0 Å². The van der Waals surface area contributed by atoms with Crippen LogP contribution in [0.5, 0.6) is 0 Å². The van der Waals surface area contributed by atoms with E-state index in [-0.39, 0.29) is 5.92 Å². The van der Waals surface area contributed by atoms with Gasteiger partial charge in [-0.1, -0.05) is 12.5 Å². The minimum Gasteiger partial charge on any atom is -0.350 e. The Morgan fingerprint density at radius 3 is 3.00 bits per heavy atom. The molecule has 96 valence electrons. The maximum atomic E-state index is 11.2. The molecule has 0 saturated heterocycles. The van der Waals surface area contributed by atoms with Gasteiger partial charge >= 0.3 is 0 Å². The van der Waals surface area contributed by atoms with E-state index in [0.717, 1.165) is 36.5 Å². The first-order valence-electron chi connectivity index (χ1n) is 6.66. The van der Waals surface area contributed by atoms with Crippen LogP contribution in [-0.4, -0.2) is 10.9 Å². The Kier molecular flexibility index (Phi) is 2.87. The smallest absolute Gasteiger partial charge is 0.187 e. The topological polar surface area (TPSA) is 26.4 Å². The standard InChI is InChI=1S/C16H16N2O/c1-17-12-6-7-16-14(8-12)15(9-18(16)2)13-5-3-4-11(13)10-19/h6-11,13H,3-5H2,2H3/t11-,13+/m1/s1. The number of carbonyl (C=O) groups excluding carboxylic acids is 1. The van der Waals surface area contributed by atoms with Crippen LogP contribution in [0.25, 0.3) is 15.7 Å². The SMILES string of the molecule is [C-]#[N+]c1ccc2c(c1)c([C@H]1CCC[C@@H]1C=O)cn2C. The van der Waals surface area contributed by atoms with Crippen molar-refractivity contribution < 1.29 is 4.79 Å². The van der Waals surface area contributed by atoms with Crippen LogP contribution in [0.15, 0.2) is 24.4 Å². The molecule has 1 fully saturated rings. The zero-order valence-corrected chi connectivity index (χ0v) is 11.0. The van der Waals surface area contributed by atoms with Crippen LogP contribution in [0, 0.1) is 12.5 Å². The average molecular weight is 252 g/mol. The van der Waals surface area contributed by atoms with Crippen molar-refractivity contribution in [2.45, 2.75) is 25.2 Å². The van der Waals surface area contributed by atoms with Crippen LogP contribution in [0.3, 0.4) is 0 Å². The minimum absolute atomic E-state index is 0.141. The van der Waals surface area contributed by atoms with E-state index in [4.69, 9.17) is 6.57 Å². The summed E-state index contributed by atoms with van der Waals surface area (Å²) in [6.07, 6.45) is 6.42. The largest absolute Gasteiger partial charge is 0.350 e. The molecular formula is C16H16N2O.